The van der Waals surface area contributed by atoms with Gasteiger partial charge in [0.15, 0.2) is 0 Å². The van der Waals surface area contributed by atoms with E-state index in [2.05, 4.69) is 4.98 Å². The van der Waals surface area contributed by atoms with E-state index < -0.39 is 5.82 Å². The van der Waals surface area contributed by atoms with Crippen molar-refractivity contribution in [3.05, 3.63) is 71.0 Å². The summed E-state index contributed by atoms with van der Waals surface area (Å²) in [4.78, 5) is 18.3. The maximum Gasteiger partial charge on any atom is 0.273 e. The molecule has 0 fully saturated rings. The number of hydrogen-bond acceptors (Lipinski definition) is 4. The molecule has 0 unspecified atom stereocenters. The molecule has 4 nitrogen and oxygen atoms in total. The highest BCUT2D eigenvalue weighted by Gasteiger charge is 2.19. The van der Waals surface area contributed by atoms with Crippen LogP contribution in [-0.4, -0.2) is 28.9 Å². The number of carbonyl (C=O) groups excluding carboxylic acids is 1. The zero-order valence-electron chi connectivity index (χ0n) is 15.5. The Labute approximate surface area is 162 Å². The molecule has 0 bridgehead atoms. The van der Waals surface area contributed by atoms with E-state index in [0.29, 0.717) is 28.6 Å². The predicted octanol–water partition coefficient (Wildman–Crippen LogP) is 5.01. The first-order valence-corrected chi connectivity index (χ1v) is 9.53. The number of halogens is 1. The van der Waals surface area contributed by atoms with Crippen molar-refractivity contribution in [2.45, 2.75) is 26.5 Å². The van der Waals surface area contributed by atoms with E-state index in [4.69, 9.17) is 4.74 Å². The molecule has 0 aliphatic carbocycles. The van der Waals surface area contributed by atoms with Gasteiger partial charge in [-0.2, -0.15) is 0 Å². The number of rotatable bonds is 6. The minimum Gasteiger partial charge on any atom is -0.489 e. The van der Waals surface area contributed by atoms with Crippen molar-refractivity contribution in [1.82, 2.24) is 9.88 Å². The Balaban J connectivity index is 1.73. The zero-order chi connectivity index (χ0) is 19.4. The van der Waals surface area contributed by atoms with Gasteiger partial charge in [0.05, 0.1) is 0 Å². The highest BCUT2D eigenvalue weighted by Crippen LogP contribution is 2.29. The number of benzene rings is 2. The Hall–Kier alpha value is -2.73. The molecule has 0 radical (unpaired) electrons. The first-order chi connectivity index (χ1) is 13.0. The third kappa shape index (κ3) is 4.52. The topological polar surface area (TPSA) is 42.4 Å². The molecule has 1 amide bonds. The Morgan fingerprint density at radius 2 is 1.96 bits per heavy atom. The molecular formula is C21H21FN2O2S. The maximum atomic E-state index is 14.6. The van der Waals surface area contributed by atoms with E-state index in [1.807, 2.05) is 44.2 Å². The summed E-state index contributed by atoms with van der Waals surface area (Å²) in [6, 6.07) is 14.5. The number of amides is 1. The monoisotopic (exact) mass is 384 g/mol. The fraction of sp³-hybridized carbons (Fsp3) is 0.238. The molecule has 3 rings (SSSR count). The lowest BCUT2D eigenvalue weighted by molar-refractivity contribution is 0.0750. The minimum atomic E-state index is -0.425. The molecule has 140 valence electrons. The fourth-order valence-electron chi connectivity index (χ4n) is 2.41. The summed E-state index contributed by atoms with van der Waals surface area (Å²) in [5, 5.41) is 2.14. The summed E-state index contributed by atoms with van der Waals surface area (Å²) < 4.78 is 20.2. The largest absolute Gasteiger partial charge is 0.489 e. The summed E-state index contributed by atoms with van der Waals surface area (Å²) in [7, 11) is 1.73. The van der Waals surface area contributed by atoms with Gasteiger partial charge in [-0.3, -0.25) is 4.79 Å². The summed E-state index contributed by atoms with van der Waals surface area (Å²) in [5.74, 6) is -0.144. The summed E-state index contributed by atoms with van der Waals surface area (Å²) in [5.41, 5.74) is 1.70. The standard InChI is InChI=1S/C21H21FN2O2S/c1-14(2)24(3)21(25)19-13-27-20(23-19)17-10-9-16(11-18(17)22)26-12-15-7-5-4-6-8-15/h4-11,13-14H,12H2,1-3H3. The van der Waals surface area contributed by atoms with Gasteiger partial charge in [-0.25, -0.2) is 9.37 Å². The molecule has 0 aliphatic rings. The number of carbonyl (C=O) groups is 1. The first kappa shape index (κ1) is 19.0. The number of ether oxygens (including phenoxy) is 1. The lowest BCUT2D eigenvalue weighted by Gasteiger charge is -2.20. The van der Waals surface area contributed by atoms with Crippen LogP contribution in [-0.2, 0) is 6.61 Å². The average Bonchev–Trinajstić information content (AvgIpc) is 3.15. The molecule has 0 atom stereocenters. The zero-order valence-corrected chi connectivity index (χ0v) is 16.3. The van der Waals surface area contributed by atoms with Crippen LogP contribution in [0.1, 0.15) is 29.9 Å². The van der Waals surface area contributed by atoms with Gasteiger partial charge in [-0.05, 0) is 31.5 Å². The van der Waals surface area contributed by atoms with Crippen LogP contribution in [0, 0.1) is 5.82 Å². The highest BCUT2D eigenvalue weighted by atomic mass is 32.1. The maximum absolute atomic E-state index is 14.6. The van der Waals surface area contributed by atoms with E-state index in [1.54, 1.807) is 29.5 Å². The molecule has 0 saturated carbocycles. The molecule has 1 heterocycles. The lowest BCUT2D eigenvalue weighted by Crippen LogP contribution is -2.33. The Kier molecular flexibility index (Phi) is 5.86. The van der Waals surface area contributed by atoms with Gasteiger partial charge in [0.25, 0.3) is 5.91 Å². The second-order valence-electron chi connectivity index (χ2n) is 6.46. The summed E-state index contributed by atoms with van der Waals surface area (Å²) in [6.07, 6.45) is 0. The highest BCUT2D eigenvalue weighted by molar-refractivity contribution is 7.13. The van der Waals surface area contributed by atoms with Crippen molar-refractivity contribution < 1.29 is 13.9 Å². The van der Waals surface area contributed by atoms with Crippen molar-refractivity contribution in [3.63, 3.8) is 0 Å². The van der Waals surface area contributed by atoms with Crippen molar-refractivity contribution in [1.29, 1.82) is 0 Å². The van der Waals surface area contributed by atoms with Crippen LogP contribution >= 0.6 is 11.3 Å². The number of hydrogen-bond donors (Lipinski definition) is 0. The average molecular weight is 384 g/mol. The SMILES string of the molecule is CC(C)N(C)C(=O)c1csc(-c2ccc(OCc3ccccc3)cc2F)n1. The molecule has 3 aromatic rings. The van der Waals surface area contributed by atoms with Crippen LogP contribution in [0.25, 0.3) is 10.6 Å². The normalized spacial score (nSPS) is 10.9. The molecule has 0 saturated heterocycles. The van der Waals surface area contributed by atoms with E-state index in [0.717, 1.165) is 5.56 Å². The van der Waals surface area contributed by atoms with Gasteiger partial charge in [0.1, 0.15) is 28.9 Å². The molecule has 6 heteroatoms. The molecule has 0 N–H and O–H groups in total. The summed E-state index contributed by atoms with van der Waals surface area (Å²) >= 11 is 1.25. The second-order valence-corrected chi connectivity index (χ2v) is 7.32. The Morgan fingerprint density at radius 1 is 1.22 bits per heavy atom. The van der Waals surface area contributed by atoms with Crippen LogP contribution < -0.4 is 4.74 Å². The molecular weight excluding hydrogens is 363 g/mol. The van der Waals surface area contributed by atoms with Crippen molar-refractivity contribution in [2.24, 2.45) is 0 Å². The molecule has 1 aromatic heterocycles. The van der Waals surface area contributed by atoms with Crippen LogP contribution in [0.2, 0.25) is 0 Å². The number of aromatic nitrogens is 1. The fourth-order valence-corrected chi connectivity index (χ4v) is 3.23. The van der Waals surface area contributed by atoms with Gasteiger partial charge in [0.2, 0.25) is 0 Å². The van der Waals surface area contributed by atoms with Crippen LogP contribution in [0.3, 0.4) is 0 Å². The van der Waals surface area contributed by atoms with E-state index >= 15 is 0 Å². The van der Waals surface area contributed by atoms with E-state index in [1.165, 1.54) is 17.4 Å². The van der Waals surface area contributed by atoms with Crippen LogP contribution in [0.4, 0.5) is 4.39 Å². The molecule has 27 heavy (non-hydrogen) atoms. The third-order valence-corrected chi connectivity index (χ3v) is 5.11. The molecule has 0 aliphatic heterocycles. The molecule has 2 aromatic carbocycles. The number of nitrogens with zero attached hydrogens (tertiary/aromatic N) is 2. The van der Waals surface area contributed by atoms with E-state index in [9.17, 15) is 9.18 Å². The molecule has 0 spiro atoms. The first-order valence-electron chi connectivity index (χ1n) is 8.65. The van der Waals surface area contributed by atoms with Gasteiger partial charge in [-0.15, -0.1) is 11.3 Å². The predicted molar refractivity (Wildman–Crippen MR) is 106 cm³/mol. The van der Waals surface area contributed by atoms with Crippen molar-refractivity contribution >= 4 is 17.2 Å². The van der Waals surface area contributed by atoms with E-state index in [-0.39, 0.29) is 11.9 Å². The Bertz CT molecular complexity index is 925. The van der Waals surface area contributed by atoms with Crippen molar-refractivity contribution in [3.8, 4) is 16.3 Å². The van der Waals surface area contributed by atoms with Crippen LogP contribution in [0.15, 0.2) is 53.9 Å². The smallest absolute Gasteiger partial charge is 0.273 e. The van der Waals surface area contributed by atoms with Crippen molar-refractivity contribution in [2.75, 3.05) is 7.05 Å². The van der Waals surface area contributed by atoms with Gasteiger partial charge < -0.3 is 9.64 Å². The quantitative estimate of drug-likeness (QED) is 0.600. The number of thiazole rings is 1. The van der Waals surface area contributed by atoms with Gasteiger partial charge in [-0.1, -0.05) is 30.3 Å². The third-order valence-electron chi connectivity index (χ3n) is 4.24. The van der Waals surface area contributed by atoms with Gasteiger partial charge >= 0.3 is 0 Å². The van der Waals surface area contributed by atoms with Crippen LogP contribution in [0.5, 0.6) is 5.75 Å². The second kappa shape index (κ2) is 8.31. The minimum absolute atomic E-state index is 0.0698. The lowest BCUT2D eigenvalue weighted by atomic mass is 10.2. The summed E-state index contributed by atoms with van der Waals surface area (Å²) in [6.45, 7) is 4.23. The Morgan fingerprint density at radius 3 is 2.63 bits per heavy atom. The van der Waals surface area contributed by atoms with Gasteiger partial charge in [0, 0.05) is 30.1 Å².